The topological polar surface area (TPSA) is 20.2 Å². The van der Waals surface area contributed by atoms with Gasteiger partial charge in [-0.15, -0.1) is 0 Å². The highest BCUT2D eigenvalue weighted by Gasteiger charge is 2.53. The molecule has 1 N–H and O–H groups in total. The van der Waals surface area contributed by atoms with Crippen LogP contribution in [0.1, 0.15) is 37.3 Å². The lowest BCUT2D eigenvalue weighted by Gasteiger charge is -2.12. The molecule has 1 aliphatic rings. The van der Waals surface area contributed by atoms with Crippen LogP contribution in [0.15, 0.2) is 22.7 Å². The SMILES string of the molecule is CCCC1CC1(O)c1ccc(Br)c(C)c1. The molecule has 1 aromatic carbocycles. The van der Waals surface area contributed by atoms with Gasteiger partial charge in [0.15, 0.2) is 0 Å². The van der Waals surface area contributed by atoms with Crippen molar-refractivity contribution in [3.63, 3.8) is 0 Å². The molecular weight excluding hydrogens is 252 g/mol. The van der Waals surface area contributed by atoms with E-state index in [0.29, 0.717) is 5.92 Å². The molecule has 0 spiro atoms. The molecule has 2 heteroatoms. The van der Waals surface area contributed by atoms with E-state index < -0.39 is 5.60 Å². The van der Waals surface area contributed by atoms with Gasteiger partial charge in [0.25, 0.3) is 0 Å². The predicted octanol–water partition coefficient (Wildman–Crippen LogP) is 3.77. The molecule has 2 unspecified atom stereocenters. The highest BCUT2D eigenvalue weighted by Crippen LogP contribution is 2.54. The summed E-state index contributed by atoms with van der Waals surface area (Å²) in [6.45, 7) is 4.24. The molecule has 0 aliphatic heterocycles. The second-order valence-corrected chi connectivity index (χ2v) is 5.43. The normalized spacial score (nSPS) is 29.2. The van der Waals surface area contributed by atoms with Crippen LogP contribution in [0.3, 0.4) is 0 Å². The van der Waals surface area contributed by atoms with Gasteiger partial charge in [0.2, 0.25) is 0 Å². The van der Waals surface area contributed by atoms with Crippen LogP contribution < -0.4 is 0 Å². The van der Waals surface area contributed by atoms with E-state index in [1.807, 2.05) is 12.1 Å². The zero-order chi connectivity index (χ0) is 11.1. The Kier molecular flexibility index (Phi) is 2.91. The molecule has 0 bridgehead atoms. The monoisotopic (exact) mass is 268 g/mol. The molecule has 1 nitrogen and oxygen atoms in total. The second-order valence-electron chi connectivity index (χ2n) is 4.58. The van der Waals surface area contributed by atoms with E-state index in [2.05, 4.69) is 35.8 Å². The van der Waals surface area contributed by atoms with Crippen molar-refractivity contribution in [1.29, 1.82) is 0 Å². The Balaban J connectivity index is 2.21. The molecule has 0 radical (unpaired) electrons. The predicted molar refractivity (Wildman–Crippen MR) is 65.8 cm³/mol. The average molecular weight is 269 g/mol. The van der Waals surface area contributed by atoms with Gasteiger partial charge in [-0.1, -0.05) is 41.4 Å². The molecule has 1 aliphatic carbocycles. The summed E-state index contributed by atoms with van der Waals surface area (Å²) in [5.74, 6) is 0.475. The molecule has 0 heterocycles. The van der Waals surface area contributed by atoms with Crippen molar-refractivity contribution in [3.05, 3.63) is 33.8 Å². The Morgan fingerprint density at radius 3 is 2.87 bits per heavy atom. The Morgan fingerprint density at radius 1 is 1.53 bits per heavy atom. The Hall–Kier alpha value is -0.340. The van der Waals surface area contributed by atoms with Crippen LogP contribution in [0.4, 0.5) is 0 Å². The van der Waals surface area contributed by atoms with Crippen LogP contribution in [0.5, 0.6) is 0 Å². The second kappa shape index (κ2) is 3.91. The molecule has 0 saturated heterocycles. The van der Waals surface area contributed by atoms with Gasteiger partial charge in [0.1, 0.15) is 0 Å². The number of aliphatic hydroxyl groups is 1. The molecule has 0 aromatic heterocycles. The molecule has 2 rings (SSSR count). The van der Waals surface area contributed by atoms with Gasteiger partial charge in [-0.2, -0.15) is 0 Å². The lowest BCUT2D eigenvalue weighted by atomic mass is 10.0. The van der Waals surface area contributed by atoms with Gasteiger partial charge in [0, 0.05) is 4.47 Å². The van der Waals surface area contributed by atoms with Gasteiger partial charge >= 0.3 is 0 Å². The molecule has 1 saturated carbocycles. The standard InChI is InChI=1S/C13H17BrO/c1-3-4-11-8-13(11,15)10-5-6-12(14)9(2)7-10/h5-7,11,15H,3-4,8H2,1-2H3. The largest absolute Gasteiger partial charge is 0.385 e. The first-order chi connectivity index (χ1) is 7.08. The third-order valence-electron chi connectivity index (χ3n) is 3.37. The highest BCUT2D eigenvalue weighted by atomic mass is 79.9. The zero-order valence-corrected chi connectivity index (χ0v) is 10.8. The Bertz CT molecular complexity index is 375. The summed E-state index contributed by atoms with van der Waals surface area (Å²) in [4.78, 5) is 0. The fourth-order valence-corrected chi connectivity index (χ4v) is 2.52. The van der Waals surface area contributed by atoms with Crippen molar-refractivity contribution < 1.29 is 5.11 Å². The molecule has 15 heavy (non-hydrogen) atoms. The summed E-state index contributed by atoms with van der Waals surface area (Å²) >= 11 is 3.48. The van der Waals surface area contributed by atoms with E-state index in [0.717, 1.165) is 29.3 Å². The first kappa shape index (κ1) is 11.2. The molecule has 1 aromatic rings. The minimum absolute atomic E-state index is 0.475. The summed E-state index contributed by atoms with van der Waals surface area (Å²) in [6.07, 6.45) is 3.22. The van der Waals surface area contributed by atoms with Crippen molar-refractivity contribution in [1.82, 2.24) is 0 Å². The quantitative estimate of drug-likeness (QED) is 0.885. The van der Waals surface area contributed by atoms with Gasteiger partial charge in [-0.05, 0) is 42.9 Å². The Labute approximate surface area is 99.6 Å². The van der Waals surface area contributed by atoms with Crippen molar-refractivity contribution >= 4 is 15.9 Å². The van der Waals surface area contributed by atoms with Crippen LogP contribution in [-0.4, -0.2) is 5.11 Å². The zero-order valence-electron chi connectivity index (χ0n) is 9.26. The number of rotatable bonds is 3. The molecule has 0 amide bonds. The molecule has 1 fully saturated rings. The first-order valence-corrected chi connectivity index (χ1v) is 6.36. The maximum absolute atomic E-state index is 10.4. The van der Waals surface area contributed by atoms with Crippen LogP contribution >= 0.6 is 15.9 Å². The summed E-state index contributed by atoms with van der Waals surface area (Å²) in [6, 6.07) is 6.16. The summed E-state index contributed by atoms with van der Waals surface area (Å²) in [5.41, 5.74) is 1.76. The fraction of sp³-hybridized carbons (Fsp3) is 0.538. The lowest BCUT2D eigenvalue weighted by molar-refractivity contribution is 0.129. The number of halogens is 1. The molecule has 82 valence electrons. The van der Waals surface area contributed by atoms with E-state index in [1.54, 1.807) is 0 Å². The first-order valence-electron chi connectivity index (χ1n) is 5.57. The summed E-state index contributed by atoms with van der Waals surface area (Å²) < 4.78 is 1.11. The van der Waals surface area contributed by atoms with Crippen LogP contribution in [0.2, 0.25) is 0 Å². The summed E-state index contributed by atoms with van der Waals surface area (Å²) in [5, 5.41) is 10.4. The van der Waals surface area contributed by atoms with Crippen molar-refractivity contribution in [2.45, 2.75) is 38.7 Å². The average Bonchev–Trinajstić information content (AvgIpc) is 2.84. The number of hydrogen-bond acceptors (Lipinski definition) is 1. The van der Waals surface area contributed by atoms with E-state index in [1.165, 1.54) is 5.56 Å². The highest BCUT2D eigenvalue weighted by molar-refractivity contribution is 9.10. The Morgan fingerprint density at radius 2 is 2.27 bits per heavy atom. The third kappa shape index (κ3) is 1.98. The van der Waals surface area contributed by atoms with Crippen LogP contribution in [0, 0.1) is 12.8 Å². The number of benzene rings is 1. The molecular formula is C13H17BrO. The fourth-order valence-electron chi connectivity index (χ4n) is 2.27. The summed E-state index contributed by atoms with van der Waals surface area (Å²) in [7, 11) is 0. The minimum atomic E-state index is -0.526. The maximum atomic E-state index is 10.4. The van der Waals surface area contributed by atoms with Crippen molar-refractivity contribution in [2.24, 2.45) is 5.92 Å². The lowest BCUT2D eigenvalue weighted by Crippen LogP contribution is -2.08. The van der Waals surface area contributed by atoms with Crippen LogP contribution in [-0.2, 0) is 5.60 Å². The van der Waals surface area contributed by atoms with E-state index in [9.17, 15) is 5.11 Å². The smallest absolute Gasteiger partial charge is 0.0929 e. The van der Waals surface area contributed by atoms with Gasteiger partial charge < -0.3 is 5.11 Å². The molecule has 2 atom stereocenters. The minimum Gasteiger partial charge on any atom is -0.385 e. The van der Waals surface area contributed by atoms with Crippen molar-refractivity contribution in [3.8, 4) is 0 Å². The van der Waals surface area contributed by atoms with E-state index in [-0.39, 0.29) is 0 Å². The van der Waals surface area contributed by atoms with Gasteiger partial charge in [-0.25, -0.2) is 0 Å². The van der Waals surface area contributed by atoms with Crippen LogP contribution in [0.25, 0.3) is 0 Å². The number of hydrogen-bond donors (Lipinski definition) is 1. The van der Waals surface area contributed by atoms with Gasteiger partial charge in [-0.3, -0.25) is 0 Å². The van der Waals surface area contributed by atoms with Crippen molar-refractivity contribution in [2.75, 3.05) is 0 Å². The number of aryl methyl sites for hydroxylation is 1. The third-order valence-corrected chi connectivity index (χ3v) is 4.26. The van der Waals surface area contributed by atoms with Gasteiger partial charge in [0.05, 0.1) is 5.60 Å². The van der Waals surface area contributed by atoms with E-state index >= 15 is 0 Å². The maximum Gasteiger partial charge on any atom is 0.0929 e. The van der Waals surface area contributed by atoms with E-state index in [4.69, 9.17) is 0 Å².